The smallest absolute Gasteiger partial charge is 0.224 e. The number of rotatable bonds is 4. The van der Waals surface area contributed by atoms with Crippen LogP contribution < -0.4 is 5.32 Å². The van der Waals surface area contributed by atoms with E-state index in [1.807, 2.05) is 18.2 Å². The minimum absolute atomic E-state index is 0.110. The molecule has 3 nitrogen and oxygen atoms in total. The van der Waals surface area contributed by atoms with E-state index in [0.717, 1.165) is 23.2 Å². The van der Waals surface area contributed by atoms with Crippen LogP contribution in [-0.4, -0.2) is 17.6 Å². The van der Waals surface area contributed by atoms with Crippen molar-refractivity contribution in [3.8, 4) is 11.8 Å². The molecule has 1 saturated carbocycles. The maximum absolute atomic E-state index is 12.0. The summed E-state index contributed by atoms with van der Waals surface area (Å²) in [7, 11) is 0. The van der Waals surface area contributed by atoms with E-state index in [1.165, 1.54) is 19.3 Å². The quantitative estimate of drug-likeness (QED) is 0.827. The maximum atomic E-state index is 12.0. The van der Waals surface area contributed by atoms with Gasteiger partial charge in [0, 0.05) is 17.7 Å². The van der Waals surface area contributed by atoms with E-state index < -0.39 is 0 Å². The molecule has 0 spiro atoms. The van der Waals surface area contributed by atoms with Gasteiger partial charge in [0.2, 0.25) is 5.91 Å². The van der Waals surface area contributed by atoms with Crippen LogP contribution in [0, 0.1) is 17.8 Å². The van der Waals surface area contributed by atoms with Gasteiger partial charge in [-0.2, -0.15) is 0 Å². The lowest BCUT2D eigenvalue weighted by atomic mass is 9.83. The van der Waals surface area contributed by atoms with E-state index in [9.17, 15) is 4.79 Å². The second-order valence-corrected chi connectivity index (χ2v) is 5.23. The molecule has 1 amide bonds. The van der Waals surface area contributed by atoms with Gasteiger partial charge < -0.3 is 10.4 Å². The fourth-order valence-electron chi connectivity index (χ4n) is 2.39. The molecule has 0 bridgehead atoms. The number of aliphatic hydroxyl groups excluding tert-OH is 1. The van der Waals surface area contributed by atoms with Crippen molar-refractivity contribution in [1.82, 2.24) is 0 Å². The zero-order valence-corrected chi connectivity index (χ0v) is 11.9. The number of anilines is 1. The summed E-state index contributed by atoms with van der Waals surface area (Å²) >= 11 is 0. The number of aliphatic hydroxyl groups is 1. The molecule has 0 heterocycles. The van der Waals surface area contributed by atoms with Crippen molar-refractivity contribution < 1.29 is 9.90 Å². The Morgan fingerprint density at radius 3 is 2.85 bits per heavy atom. The Morgan fingerprint density at radius 1 is 1.45 bits per heavy atom. The highest BCUT2D eigenvalue weighted by molar-refractivity contribution is 5.91. The average molecular weight is 271 g/mol. The molecule has 20 heavy (non-hydrogen) atoms. The van der Waals surface area contributed by atoms with Crippen LogP contribution in [-0.2, 0) is 11.2 Å². The zero-order valence-electron chi connectivity index (χ0n) is 11.9. The predicted octanol–water partition coefficient (Wildman–Crippen LogP) is 2.72. The molecular weight excluding hydrogens is 250 g/mol. The van der Waals surface area contributed by atoms with Crippen molar-refractivity contribution in [3.05, 3.63) is 29.3 Å². The van der Waals surface area contributed by atoms with Crippen LogP contribution in [0.1, 0.15) is 43.7 Å². The molecule has 3 heteroatoms. The number of carbonyl (C=O) groups excluding carboxylic acids is 1. The van der Waals surface area contributed by atoms with Gasteiger partial charge in [0.1, 0.15) is 6.61 Å². The van der Waals surface area contributed by atoms with Crippen molar-refractivity contribution in [2.75, 3.05) is 11.9 Å². The molecule has 0 radical (unpaired) electrons. The van der Waals surface area contributed by atoms with Crippen LogP contribution in [0.4, 0.5) is 5.69 Å². The monoisotopic (exact) mass is 271 g/mol. The van der Waals surface area contributed by atoms with Gasteiger partial charge in [-0.25, -0.2) is 0 Å². The van der Waals surface area contributed by atoms with Crippen LogP contribution in [0.15, 0.2) is 18.2 Å². The van der Waals surface area contributed by atoms with Crippen molar-refractivity contribution in [2.24, 2.45) is 5.92 Å². The lowest BCUT2D eigenvalue weighted by Gasteiger charge is -2.24. The molecule has 106 valence electrons. The highest BCUT2D eigenvalue weighted by Crippen LogP contribution is 2.29. The number of benzene rings is 1. The highest BCUT2D eigenvalue weighted by atomic mass is 16.2. The first-order valence-electron chi connectivity index (χ1n) is 7.25. The van der Waals surface area contributed by atoms with Crippen LogP contribution in [0.5, 0.6) is 0 Å². The fourth-order valence-corrected chi connectivity index (χ4v) is 2.39. The van der Waals surface area contributed by atoms with Crippen LogP contribution in [0.25, 0.3) is 0 Å². The third-order valence-corrected chi connectivity index (χ3v) is 3.77. The summed E-state index contributed by atoms with van der Waals surface area (Å²) < 4.78 is 0. The average Bonchev–Trinajstić information content (AvgIpc) is 2.41. The molecule has 2 rings (SSSR count). The minimum Gasteiger partial charge on any atom is -0.384 e. The second kappa shape index (κ2) is 7.12. The van der Waals surface area contributed by atoms with E-state index in [2.05, 4.69) is 24.1 Å². The molecule has 2 N–H and O–H groups in total. The van der Waals surface area contributed by atoms with Gasteiger partial charge in [-0.1, -0.05) is 25.2 Å². The molecule has 1 aromatic rings. The largest absolute Gasteiger partial charge is 0.384 e. The Labute approximate surface area is 120 Å². The molecule has 0 aliphatic heterocycles. The fraction of sp³-hybridized carbons (Fsp3) is 0.471. The summed E-state index contributed by atoms with van der Waals surface area (Å²) in [6, 6.07) is 5.75. The van der Waals surface area contributed by atoms with E-state index >= 15 is 0 Å². The molecule has 0 atom stereocenters. The lowest BCUT2D eigenvalue weighted by Crippen LogP contribution is -2.21. The van der Waals surface area contributed by atoms with Gasteiger partial charge >= 0.3 is 0 Å². The second-order valence-electron chi connectivity index (χ2n) is 5.23. The Hall–Kier alpha value is -1.79. The third-order valence-electron chi connectivity index (χ3n) is 3.77. The van der Waals surface area contributed by atoms with Gasteiger partial charge in [-0.05, 0) is 48.9 Å². The third kappa shape index (κ3) is 3.85. The van der Waals surface area contributed by atoms with Gasteiger partial charge in [0.15, 0.2) is 0 Å². The van der Waals surface area contributed by atoms with Gasteiger partial charge in [-0.15, -0.1) is 0 Å². The van der Waals surface area contributed by atoms with Crippen molar-refractivity contribution >= 4 is 11.6 Å². The minimum atomic E-state index is -0.138. The summed E-state index contributed by atoms with van der Waals surface area (Å²) in [5.41, 5.74) is 2.83. The Bertz CT molecular complexity index is 536. The van der Waals surface area contributed by atoms with E-state index in [0.29, 0.717) is 12.3 Å². The number of hydrogen-bond acceptors (Lipinski definition) is 2. The number of hydrogen-bond donors (Lipinski definition) is 2. The summed E-state index contributed by atoms with van der Waals surface area (Å²) in [5, 5.41) is 11.7. The van der Waals surface area contributed by atoms with E-state index in [1.54, 1.807) is 0 Å². The summed E-state index contributed by atoms with van der Waals surface area (Å²) in [6.45, 7) is 1.92. The molecule has 0 saturated heterocycles. The van der Waals surface area contributed by atoms with Crippen LogP contribution >= 0.6 is 0 Å². The van der Waals surface area contributed by atoms with E-state index in [-0.39, 0.29) is 12.5 Å². The highest BCUT2D eigenvalue weighted by Gasteiger charge is 2.20. The predicted molar refractivity (Wildman–Crippen MR) is 80.4 cm³/mol. The first kappa shape index (κ1) is 14.6. The zero-order chi connectivity index (χ0) is 14.4. The Balaban J connectivity index is 2.04. The maximum Gasteiger partial charge on any atom is 0.224 e. The van der Waals surface area contributed by atoms with Crippen LogP contribution in [0.3, 0.4) is 0 Å². The van der Waals surface area contributed by atoms with E-state index in [4.69, 9.17) is 5.11 Å². The molecule has 1 aliphatic rings. The first-order chi connectivity index (χ1) is 9.72. The SMILES string of the molecule is CCc1cc(C#CCO)ccc1NC(=O)CC1CCC1. The first-order valence-corrected chi connectivity index (χ1v) is 7.25. The van der Waals surface area contributed by atoms with Gasteiger partial charge in [0.05, 0.1) is 0 Å². The van der Waals surface area contributed by atoms with Crippen molar-refractivity contribution in [2.45, 2.75) is 39.0 Å². The Morgan fingerprint density at radius 2 is 2.25 bits per heavy atom. The van der Waals surface area contributed by atoms with Gasteiger partial charge in [-0.3, -0.25) is 4.79 Å². The lowest BCUT2D eigenvalue weighted by molar-refractivity contribution is -0.117. The molecule has 1 aliphatic carbocycles. The van der Waals surface area contributed by atoms with Crippen LogP contribution in [0.2, 0.25) is 0 Å². The number of amides is 1. The Kier molecular flexibility index (Phi) is 5.20. The molecule has 1 aromatic carbocycles. The van der Waals surface area contributed by atoms with Crippen molar-refractivity contribution in [3.63, 3.8) is 0 Å². The number of nitrogens with one attached hydrogen (secondary N) is 1. The standard InChI is InChI=1S/C17H21NO2/c1-2-15-11-14(7-4-10-19)8-9-16(15)18-17(20)12-13-5-3-6-13/h8-9,11,13,19H,2-3,5-6,10,12H2,1H3,(H,18,20). The molecular formula is C17H21NO2. The number of carbonyl (C=O) groups is 1. The summed E-state index contributed by atoms with van der Waals surface area (Å²) in [5.74, 6) is 6.21. The molecule has 1 fully saturated rings. The number of aryl methyl sites for hydroxylation is 1. The summed E-state index contributed by atoms with van der Waals surface area (Å²) in [4.78, 5) is 12.0. The summed E-state index contributed by atoms with van der Waals surface area (Å²) in [6.07, 6.45) is 5.10. The molecule has 0 aromatic heterocycles. The van der Waals surface area contributed by atoms with Gasteiger partial charge in [0.25, 0.3) is 0 Å². The normalized spacial score (nSPS) is 14.1. The topological polar surface area (TPSA) is 49.3 Å². The molecule has 0 unspecified atom stereocenters. The van der Waals surface area contributed by atoms with Crippen molar-refractivity contribution in [1.29, 1.82) is 0 Å².